The largest absolute Gasteiger partial charge is 0.496 e. The maximum Gasteiger partial charge on any atom is 0.255 e. The second kappa shape index (κ2) is 7.36. The number of hydrogen-bond acceptors (Lipinski definition) is 4. The van der Waals surface area contributed by atoms with Crippen LogP contribution in [0.3, 0.4) is 0 Å². The maximum absolute atomic E-state index is 12.2. The van der Waals surface area contributed by atoms with Crippen molar-refractivity contribution in [2.75, 3.05) is 21.3 Å². The Morgan fingerprint density at radius 2 is 1.59 bits per heavy atom. The number of para-hydroxylation sites is 1. The summed E-state index contributed by atoms with van der Waals surface area (Å²) in [6, 6.07) is 12.6. The fraction of sp³-hybridized carbons (Fsp3) is 0.235. The molecule has 5 nitrogen and oxygen atoms in total. The molecule has 0 saturated heterocycles. The highest BCUT2D eigenvalue weighted by molar-refractivity contribution is 5.96. The summed E-state index contributed by atoms with van der Waals surface area (Å²) in [5.74, 6) is 1.65. The molecule has 5 heteroatoms. The Kier molecular flexibility index (Phi) is 5.25. The van der Waals surface area contributed by atoms with Gasteiger partial charge in [0.2, 0.25) is 0 Å². The lowest BCUT2D eigenvalue weighted by Crippen LogP contribution is -2.23. The zero-order valence-corrected chi connectivity index (χ0v) is 12.9. The molecule has 116 valence electrons. The number of nitrogens with one attached hydrogen (secondary N) is 1. The second-order valence-corrected chi connectivity index (χ2v) is 4.57. The molecule has 2 aromatic carbocycles. The highest BCUT2D eigenvalue weighted by atomic mass is 16.5. The first-order valence-corrected chi connectivity index (χ1v) is 6.81. The number of amides is 1. The Bertz CT molecular complexity index is 655. The molecule has 2 rings (SSSR count). The lowest BCUT2D eigenvalue weighted by atomic mass is 10.1. The lowest BCUT2D eigenvalue weighted by Gasteiger charge is -2.11. The molecule has 22 heavy (non-hydrogen) atoms. The van der Waals surface area contributed by atoms with Gasteiger partial charge in [0.15, 0.2) is 11.5 Å². The van der Waals surface area contributed by atoms with E-state index in [1.807, 2.05) is 24.3 Å². The number of rotatable bonds is 6. The lowest BCUT2D eigenvalue weighted by molar-refractivity contribution is 0.0948. The SMILES string of the molecule is COc1ccc(CNC(=O)c2ccccc2OC)cc1OC. The number of methoxy groups -OCH3 is 3. The molecule has 0 aromatic heterocycles. The predicted octanol–water partition coefficient (Wildman–Crippen LogP) is 2.64. The summed E-state index contributed by atoms with van der Waals surface area (Å²) in [6.07, 6.45) is 0. The second-order valence-electron chi connectivity index (χ2n) is 4.57. The van der Waals surface area contributed by atoms with Crippen LogP contribution in [0.25, 0.3) is 0 Å². The van der Waals surface area contributed by atoms with Gasteiger partial charge in [-0.15, -0.1) is 0 Å². The van der Waals surface area contributed by atoms with Crippen molar-refractivity contribution >= 4 is 5.91 Å². The third kappa shape index (κ3) is 3.49. The normalized spacial score (nSPS) is 9.95. The first-order valence-electron chi connectivity index (χ1n) is 6.81. The Morgan fingerprint density at radius 1 is 0.909 bits per heavy atom. The minimum atomic E-state index is -0.188. The summed E-state index contributed by atoms with van der Waals surface area (Å²) in [7, 11) is 4.70. The van der Waals surface area contributed by atoms with Crippen molar-refractivity contribution < 1.29 is 19.0 Å². The molecule has 0 aliphatic rings. The summed E-state index contributed by atoms with van der Waals surface area (Å²) in [5.41, 5.74) is 1.42. The summed E-state index contributed by atoms with van der Waals surface area (Å²) >= 11 is 0. The quantitative estimate of drug-likeness (QED) is 0.891. The first kappa shape index (κ1) is 15.7. The monoisotopic (exact) mass is 301 g/mol. The zero-order valence-electron chi connectivity index (χ0n) is 12.9. The average Bonchev–Trinajstić information content (AvgIpc) is 2.59. The van der Waals surface area contributed by atoms with Crippen molar-refractivity contribution in [2.45, 2.75) is 6.54 Å². The summed E-state index contributed by atoms with van der Waals surface area (Å²) < 4.78 is 15.6. The fourth-order valence-electron chi connectivity index (χ4n) is 2.10. The van der Waals surface area contributed by atoms with E-state index in [1.165, 1.54) is 0 Å². The van der Waals surface area contributed by atoms with Gasteiger partial charge in [0.25, 0.3) is 5.91 Å². The summed E-state index contributed by atoms with van der Waals surface area (Å²) in [5, 5.41) is 2.86. The molecular weight excluding hydrogens is 282 g/mol. The molecule has 0 spiro atoms. The molecule has 2 aromatic rings. The van der Waals surface area contributed by atoms with Crippen LogP contribution in [-0.4, -0.2) is 27.2 Å². The topological polar surface area (TPSA) is 56.8 Å². The van der Waals surface area contributed by atoms with Gasteiger partial charge in [-0.25, -0.2) is 0 Å². The minimum absolute atomic E-state index is 0.188. The van der Waals surface area contributed by atoms with Crippen LogP contribution in [0.15, 0.2) is 42.5 Å². The van der Waals surface area contributed by atoms with Gasteiger partial charge in [0, 0.05) is 6.54 Å². The highest BCUT2D eigenvalue weighted by Gasteiger charge is 2.11. The van der Waals surface area contributed by atoms with Crippen LogP contribution in [-0.2, 0) is 6.54 Å². The third-order valence-corrected chi connectivity index (χ3v) is 3.25. The van der Waals surface area contributed by atoms with Gasteiger partial charge in [0.1, 0.15) is 5.75 Å². The van der Waals surface area contributed by atoms with Crippen molar-refractivity contribution in [2.24, 2.45) is 0 Å². The number of benzene rings is 2. The van der Waals surface area contributed by atoms with E-state index in [1.54, 1.807) is 39.5 Å². The third-order valence-electron chi connectivity index (χ3n) is 3.25. The van der Waals surface area contributed by atoms with Crippen LogP contribution in [0.4, 0.5) is 0 Å². The molecule has 0 radical (unpaired) electrons. The Hall–Kier alpha value is -2.69. The van der Waals surface area contributed by atoms with Gasteiger partial charge in [0.05, 0.1) is 26.9 Å². The molecule has 0 aliphatic carbocycles. The van der Waals surface area contributed by atoms with Crippen molar-refractivity contribution in [3.05, 3.63) is 53.6 Å². The van der Waals surface area contributed by atoms with Crippen molar-refractivity contribution in [1.82, 2.24) is 5.32 Å². The molecule has 0 saturated carbocycles. The first-order chi connectivity index (χ1) is 10.7. The van der Waals surface area contributed by atoms with Crippen LogP contribution in [0.1, 0.15) is 15.9 Å². The van der Waals surface area contributed by atoms with E-state index in [9.17, 15) is 4.79 Å². The number of hydrogen-bond donors (Lipinski definition) is 1. The Labute approximate surface area is 129 Å². The van der Waals surface area contributed by atoms with Crippen LogP contribution in [0.2, 0.25) is 0 Å². The Morgan fingerprint density at radius 3 is 2.27 bits per heavy atom. The van der Waals surface area contributed by atoms with Gasteiger partial charge < -0.3 is 19.5 Å². The molecule has 1 N–H and O–H groups in total. The highest BCUT2D eigenvalue weighted by Crippen LogP contribution is 2.27. The molecule has 0 unspecified atom stereocenters. The average molecular weight is 301 g/mol. The number of carbonyl (C=O) groups is 1. The predicted molar refractivity (Wildman–Crippen MR) is 83.7 cm³/mol. The molecule has 0 aliphatic heterocycles. The van der Waals surface area contributed by atoms with Crippen LogP contribution in [0.5, 0.6) is 17.2 Å². The van der Waals surface area contributed by atoms with Crippen LogP contribution in [0, 0.1) is 0 Å². The molecule has 0 atom stereocenters. The molecule has 0 fully saturated rings. The molecule has 1 amide bonds. The van der Waals surface area contributed by atoms with Crippen molar-refractivity contribution in [3.63, 3.8) is 0 Å². The van der Waals surface area contributed by atoms with Crippen LogP contribution < -0.4 is 19.5 Å². The van der Waals surface area contributed by atoms with E-state index in [4.69, 9.17) is 14.2 Å². The summed E-state index contributed by atoms with van der Waals surface area (Å²) in [4.78, 5) is 12.2. The smallest absolute Gasteiger partial charge is 0.255 e. The summed E-state index contributed by atoms with van der Waals surface area (Å²) in [6.45, 7) is 0.386. The standard InChI is InChI=1S/C17H19NO4/c1-20-14-7-5-4-6-13(14)17(19)18-11-12-8-9-15(21-2)16(10-12)22-3/h4-10H,11H2,1-3H3,(H,18,19). The van der Waals surface area contributed by atoms with E-state index >= 15 is 0 Å². The molecular formula is C17H19NO4. The number of carbonyl (C=O) groups excluding carboxylic acids is 1. The van der Waals surface area contributed by atoms with Gasteiger partial charge in [-0.3, -0.25) is 4.79 Å². The van der Waals surface area contributed by atoms with E-state index < -0.39 is 0 Å². The van der Waals surface area contributed by atoms with E-state index in [2.05, 4.69) is 5.32 Å². The molecule has 0 bridgehead atoms. The van der Waals surface area contributed by atoms with Gasteiger partial charge >= 0.3 is 0 Å². The fourth-order valence-corrected chi connectivity index (χ4v) is 2.10. The Balaban J connectivity index is 2.08. The van der Waals surface area contributed by atoms with Crippen molar-refractivity contribution in [1.29, 1.82) is 0 Å². The minimum Gasteiger partial charge on any atom is -0.496 e. The number of ether oxygens (including phenoxy) is 3. The van der Waals surface area contributed by atoms with Gasteiger partial charge in [-0.05, 0) is 29.8 Å². The maximum atomic E-state index is 12.2. The van der Waals surface area contributed by atoms with E-state index in [-0.39, 0.29) is 5.91 Å². The van der Waals surface area contributed by atoms with Crippen molar-refractivity contribution in [3.8, 4) is 17.2 Å². The van der Waals surface area contributed by atoms with Gasteiger partial charge in [-0.1, -0.05) is 18.2 Å². The van der Waals surface area contributed by atoms with Gasteiger partial charge in [-0.2, -0.15) is 0 Å². The van der Waals surface area contributed by atoms with E-state index in [0.717, 1.165) is 5.56 Å². The van der Waals surface area contributed by atoms with E-state index in [0.29, 0.717) is 29.4 Å². The molecule has 0 heterocycles. The zero-order chi connectivity index (χ0) is 15.9. The van der Waals surface area contributed by atoms with Crippen LogP contribution >= 0.6 is 0 Å².